The van der Waals surface area contributed by atoms with Crippen LogP contribution in [0, 0.1) is 11.3 Å². The second-order valence-electron chi connectivity index (χ2n) is 14.6. The number of hydrogen-bond donors (Lipinski definition) is 0. The van der Waals surface area contributed by atoms with Crippen molar-refractivity contribution in [2.75, 3.05) is 0 Å². The molecular weight excluding hydrogens is 759 g/mol. The van der Waals surface area contributed by atoms with Gasteiger partial charge in [0, 0.05) is 38.9 Å². The molecule has 8 aromatic carbocycles. The van der Waals surface area contributed by atoms with Gasteiger partial charge in [0.2, 0.25) is 0 Å². The number of hydrogen-bond acceptors (Lipinski definition) is 7. The molecule has 10 rings (SSSR count). The van der Waals surface area contributed by atoms with Crippen molar-refractivity contribution in [1.82, 2.24) is 29.9 Å². The summed E-state index contributed by atoms with van der Waals surface area (Å²) in [4.78, 5) is 29.9. The molecule has 7 heteroatoms. The SMILES string of the molecule is N#Cc1ccccc1-c1c(-c2cccc(-c3nc(-c4ccccc4)nc(-c4ccccc4)n3)c2)cccc1-c1cccc(-c2nc(-c3ccccc3)nc(-c3ccccc3)n2)c1. The lowest BCUT2D eigenvalue weighted by molar-refractivity contribution is 1.07. The number of rotatable bonds is 9. The molecule has 0 amide bonds. The molecule has 0 atom stereocenters. The van der Waals surface area contributed by atoms with E-state index < -0.39 is 0 Å². The Labute approximate surface area is 359 Å². The Morgan fingerprint density at radius 1 is 0.258 bits per heavy atom. The van der Waals surface area contributed by atoms with E-state index in [-0.39, 0.29) is 0 Å². The lowest BCUT2D eigenvalue weighted by atomic mass is 9.85. The van der Waals surface area contributed by atoms with Crippen LogP contribution in [0.3, 0.4) is 0 Å². The summed E-state index contributed by atoms with van der Waals surface area (Å²) in [6.07, 6.45) is 0. The highest BCUT2D eigenvalue weighted by Crippen LogP contribution is 2.43. The summed E-state index contributed by atoms with van der Waals surface area (Å²) in [6, 6.07) is 72.9. The number of nitrogens with zero attached hydrogens (tertiary/aromatic N) is 7. The van der Waals surface area contributed by atoms with Gasteiger partial charge in [-0.25, -0.2) is 29.9 Å². The van der Waals surface area contributed by atoms with Gasteiger partial charge in [0.15, 0.2) is 34.9 Å². The average molecular weight is 794 g/mol. The predicted molar refractivity (Wildman–Crippen MR) is 247 cm³/mol. The minimum atomic E-state index is 0.560. The van der Waals surface area contributed by atoms with Crippen molar-refractivity contribution < 1.29 is 0 Å². The first-order chi connectivity index (χ1) is 30.7. The third-order valence-corrected chi connectivity index (χ3v) is 10.6. The van der Waals surface area contributed by atoms with Gasteiger partial charge in [-0.15, -0.1) is 0 Å². The van der Waals surface area contributed by atoms with Gasteiger partial charge in [-0.3, -0.25) is 0 Å². The highest BCUT2D eigenvalue weighted by molar-refractivity contribution is 5.97. The maximum Gasteiger partial charge on any atom is 0.164 e. The van der Waals surface area contributed by atoms with Crippen LogP contribution in [-0.4, -0.2) is 29.9 Å². The summed E-state index contributed by atoms with van der Waals surface area (Å²) in [5, 5.41) is 10.5. The normalized spacial score (nSPS) is 10.9. The summed E-state index contributed by atoms with van der Waals surface area (Å²) in [7, 11) is 0. The quantitative estimate of drug-likeness (QED) is 0.143. The van der Waals surface area contributed by atoms with Crippen molar-refractivity contribution in [2.24, 2.45) is 0 Å². The van der Waals surface area contributed by atoms with E-state index in [0.29, 0.717) is 40.5 Å². The Morgan fingerprint density at radius 2 is 0.532 bits per heavy atom. The zero-order valence-electron chi connectivity index (χ0n) is 33.3. The molecule has 0 radical (unpaired) electrons. The van der Waals surface area contributed by atoms with Gasteiger partial charge in [0.25, 0.3) is 0 Å². The molecule has 0 fully saturated rings. The standard InChI is InChI=1S/C55H35N7/c56-36-45-26-13-14-31-48(45)49-46(41-27-15-29-43(34-41)54-59-50(37-18-5-1-6-19-37)57-51(60-54)38-20-7-2-8-21-38)32-17-33-47(49)42-28-16-30-44(35-42)55-61-52(39-22-9-3-10-23-39)58-53(62-55)40-24-11-4-12-25-40/h1-35H. The van der Waals surface area contributed by atoms with Crippen LogP contribution >= 0.6 is 0 Å². The van der Waals surface area contributed by atoms with E-state index in [1.54, 1.807) is 0 Å². The molecule has 0 bridgehead atoms. The van der Waals surface area contributed by atoms with Crippen LogP contribution in [0.5, 0.6) is 0 Å². The van der Waals surface area contributed by atoms with Crippen LogP contribution in [0.1, 0.15) is 5.56 Å². The first-order valence-corrected chi connectivity index (χ1v) is 20.3. The molecule has 0 aliphatic heterocycles. The van der Waals surface area contributed by atoms with Crippen LogP contribution in [0.15, 0.2) is 212 Å². The van der Waals surface area contributed by atoms with Gasteiger partial charge in [0.1, 0.15) is 0 Å². The van der Waals surface area contributed by atoms with Gasteiger partial charge in [-0.05, 0) is 46.0 Å². The predicted octanol–water partition coefficient (Wildman–Crippen LogP) is 12.9. The van der Waals surface area contributed by atoms with Gasteiger partial charge < -0.3 is 0 Å². The molecule has 0 unspecified atom stereocenters. The summed E-state index contributed by atoms with van der Waals surface area (Å²) in [6.45, 7) is 0. The van der Waals surface area contributed by atoms with Crippen molar-refractivity contribution in [3.8, 4) is 108 Å². The minimum Gasteiger partial charge on any atom is -0.208 e. The Morgan fingerprint density at radius 3 is 0.903 bits per heavy atom. The van der Waals surface area contributed by atoms with Crippen molar-refractivity contribution in [3.63, 3.8) is 0 Å². The topological polar surface area (TPSA) is 101 Å². The first kappa shape index (κ1) is 37.5. The summed E-state index contributed by atoms with van der Waals surface area (Å²) in [5.41, 5.74) is 11.4. The first-order valence-electron chi connectivity index (χ1n) is 20.3. The fraction of sp³-hybridized carbons (Fsp3) is 0. The molecule has 290 valence electrons. The second-order valence-corrected chi connectivity index (χ2v) is 14.6. The van der Waals surface area contributed by atoms with E-state index in [2.05, 4.69) is 48.5 Å². The van der Waals surface area contributed by atoms with E-state index in [4.69, 9.17) is 29.9 Å². The lowest BCUT2D eigenvalue weighted by Gasteiger charge is -2.18. The van der Waals surface area contributed by atoms with Crippen molar-refractivity contribution in [3.05, 3.63) is 218 Å². The summed E-state index contributed by atoms with van der Waals surface area (Å²) in [5.74, 6) is 3.49. The number of benzene rings is 8. The fourth-order valence-electron chi connectivity index (χ4n) is 7.65. The summed E-state index contributed by atoms with van der Waals surface area (Å²) >= 11 is 0. The molecular formula is C55H35N7. The largest absolute Gasteiger partial charge is 0.208 e. The molecule has 2 aromatic heterocycles. The second kappa shape index (κ2) is 16.9. The zero-order chi connectivity index (χ0) is 41.7. The van der Waals surface area contributed by atoms with Crippen LogP contribution in [0.2, 0.25) is 0 Å². The molecule has 62 heavy (non-hydrogen) atoms. The highest BCUT2D eigenvalue weighted by atomic mass is 15.0. The maximum atomic E-state index is 10.5. The average Bonchev–Trinajstić information content (AvgIpc) is 3.37. The van der Waals surface area contributed by atoms with Gasteiger partial charge in [-0.2, -0.15) is 5.26 Å². The van der Waals surface area contributed by atoms with Crippen molar-refractivity contribution in [2.45, 2.75) is 0 Å². The van der Waals surface area contributed by atoms with Gasteiger partial charge >= 0.3 is 0 Å². The third-order valence-electron chi connectivity index (χ3n) is 10.6. The highest BCUT2D eigenvalue weighted by Gasteiger charge is 2.20. The Balaban J connectivity index is 1.13. The molecule has 10 aromatic rings. The minimum absolute atomic E-state index is 0.560. The number of nitriles is 1. The van der Waals surface area contributed by atoms with Crippen LogP contribution in [-0.2, 0) is 0 Å². The zero-order valence-corrected chi connectivity index (χ0v) is 33.3. The van der Waals surface area contributed by atoms with Crippen molar-refractivity contribution in [1.29, 1.82) is 5.26 Å². The molecule has 0 aliphatic carbocycles. The molecule has 0 saturated carbocycles. The van der Waals surface area contributed by atoms with Crippen LogP contribution in [0.25, 0.3) is 102 Å². The van der Waals surface area contributed by atoms with E-state index >= 15 is 0 Å². The van der Waals surface area contributed by atoms with E-state index in [9.17, 15) is 5.26 Å². The number of aromatic nitrogens is 6. The molecule has 0 aliphatic rings. The monoisotopic (exact) mass is 793 g/mol. The van der Waals surface area contributed by atoms with Gasteiger partial charge in [0.05, 0.1) is 11.6 Å². The lowest BCUT2D eigenvalue weighted by Crippen LogP contribution is -2.00. The Kier molecular flexibility index (Phi) is 10.2. The van der Waals surface area contributed by atoms with E-state index in [0.717, 1.165) is 66.8 Å². The van der Waals surface area contributed by atoms with E-state index in [1.165, 1.54) is 0 Å². The smallest absolute Gasteiger partial charge is 0.164 e. The van der Waals surface area contributed by atoms with Crippen LogP contribution in [0.4, 0.5) is 0 Å². The summed E-state index contributed by atoms with van der Waals surface area (Å²) < 4.78 is 0. The molecule has 0 spiro atoms. The van der Waals surface area contributed by atoms with E-state index in [1.807, 2.05) is 170 Å². The molecule has 0 N–H and O–H groups in total. The Bertz CT molecular complexity index is 2930. The maximum absolute atomic E-state index is 10.5. The molecule has 2 heterocycles. The van der Waals surface area contributed by atoms with Crippen molar-refractivity contribution >= 4 is 0 Å². The Hall–Kier alpha value is -8.73. The molecule has 0 saturated heterocycles. The van der Waals surface area contributed by atoms with Gasteiger partial charge in [-0.1, -0.05) is 194 Å². The van der Waals surface area contributed by atoms with Crippen LogP contribution < -0.4 is 0 Å². The third kappa shape index (κ3) is 7.63. The molecule has 7 nitrogen and oxygen atoms in total. The fourth-order valence-corrected chi connectivity index (χ4v) is 7.65.